The van der Waals surface area contributed by atoms with Gasteiger partial charge in [0.25, 0.3) is 0 Å². The van der Waals surface area contributed by atoms with Crippen molar-refractivity contribution in [2.45, 2.75) is 63.7 Å². The molecular weight excluding hydrogens is 312 g/mol. The van der Waals surface area contributed by atoms with Crippen LogP contribution < -0.4 is 10.2 Å². The molecule has 3 heterocycles. The van der Waals surface area contributed by atoms with E-state index in [1.165, 1.54) is 12.8 Å². The Bertz CT molecular complexity index is 572. The summed E-state index contributed by atoms with van der Waals surface area (Å²) in [6, 6.07) is 0.370. The SMILES string of the molecule is Cc1nnc(N2CC[C@H]3C[C@@H](C(=O)NC4CCCC4)O[C@H]3C2)s1. The first-order valence-corrected chi connectivity index (χ1v) is 9.51. The highest BCUT2D eigenvalue weighted by atomic mass is 32.1. The molecule has 7 heteroatoms. The number of fused-ring (bicyclic) bond motifs is 1. The van der Waals surface area contributed by atoms with Crippen molar-refractivity contribution in [3.05, 3.63) is 5.01 Å². The van der Waals surface area contributed by atoms with Gasteiger partial charge in [0.1, 0.15) is 11.1 Å². The maximum atomic E-state index is 12.4. The number of nitrogens with zero attached hydrogens (tertiary/aromatic N) is 3. The summed E-state index contributed by atoms with van der Waals surface area (Å²) >= 11 is 1.63. The Kier molecular flexibility index (Phi) is 4.24. The number of hydrogen-bond donors (Lipinski definition) is 1. The standard InChI is InChI=1S/C16H24N4O2S/c1-10-18-19-16(23-10)20-7-6-11-8-13(22-14(11)9-20)15(21)17-12-4-2-3-5-12/h11-14H,2-9H2,1H3,(H,17,21)/t11-,13-,14-/m0/s1. The molecule has 3 atom stereocenters. The molecule has 0 unspecified atom stereocenters. The summed E-state index contributed by atoms with van der Waals surface area (Å²) in [5, 5.41) is 13.5. The molecular formula is C16H24N4O2S. The Morgan fingerprint density at radius 3 is 2.87 bits per heavy atom. The van der Waals surface area contributed by atoms with E-state index in [1.54, 1.807) is 11.3 Å². The second-order valence-corrected chi connectivity index (χ2v) is 8.15. The number of piperidine rings is 1. The maximum Gasteiger partial charge on any atom is 0.249 e. The molecule has 0 aromatic carbocycles. The lowest BCUT2D eigenvalue weighted by Crippen LogP contribution is -2.43. The van der Waals surface area contributed by atoms with Gasteiger partial charge in [0, 0.05) is 19.1 Å². The number of rotatable bonds is 3. The van der Waals surface area contributed by atoms with Crippen LogP contribution in [0.3, 0.4) is 0 Å². The highest BCUT2D eigenvalue weighted by Gasteiger charge is 2.42. The molecule has 1 saturated carbocycles. The minimum atomic E-state index is -0.262. The van der Waals surface area contributed by atoms with E-state index in [0.29, 0.717) is 12.0 Å². The Morgan fingerprint density at radius 1 is 1.30 bits per heavy atom. The van der Waals surface area contributed by atoms with E-state index in [1.807, 2.05) is 6.92 Å². The van der Waals surface area contributed by atoms with Crippen molar-refractivity contribution in [1.82, 2.24) is 15.5 Å². The van der Waals surface area contributed by atoms with Gasteiger partial charge in [-0.1, -0.05) is 24.2 Å². The zero-order valence-electron chi connectivity index (χ0n) is 13.5. The molecule has 0 bridgehead atoms. The number of amides is 1. The smallest absolute Gasteiger partial charge is 0.249 e. The van der Waals surface area contributed by atoms with Crippen molar-refractivity contribution in [2.75, 3.05) is 18.0 Å². The summed E-state index contributed by atoms with van der Waals surface area (Å²) in [6.07, 6.45) is 6.53. The van der Waals surface area contributed by atoms with Gasteiger partial charge < -0.3 is 15.0 Å². The number of hydrogen-bond acceptors (Lipinski definition) is 6. The molecule has 3 aliphatic rings. The van der Waals surface area contributed by atoms with E-state index in [-0.39, 0.29) is 18.1 Å². The molecule has 3 fully saturated rings. The van der Waals surface area contributed by atoms with Gasteiger partial charge in [-0.05, 0) is 38.5 Å². The normalized spacial score (nSPS) is 31.3. The molecule has 6 nitrogen and oxygen atoms in total. The lowest BCUT2D eigenvalue weighted by atomic mass is 9.92. The van der Waals surface area contributed by atoms with Crippen LogP contribution in [0.4, 0.5) is 5.13 Å². The topological polar surface area (TPSA) is 67.4 Å². The number of carbonyl (C=O) groups excluding carboxylic acids is 1. The minimum Gasteiger partial charge on any atom is -0.363 e. The predicted molar refractivity (Wildman–Crippen MR) is 88.6 cm³/mol. The van der Waals surface area contributed by atoms with Crippen LogP contribution in [-0.2, 0) is 9.53 Å². The average Bonchev–Trinajstić information content (AvgIpc) is 3.25. The largest absolute Gasteiger partial charge is 0.363 e. The summed E-state index contributed by atoms with van der Waals surface area (Å²) in [5.74, 6) is 0.601. The fourth-order valence-electron chi connectivity index (χ4n) is 4.05. The molecule has 126 valence electrons. The molecule has 1 aromatic heterocycles. The van der Waals surface area contributed by atoms with Crippen molar-refractivity contribution in [1.29, 1.82) is 0 Å². The third kappa shape index (κ3) is 3.21. The fourth-order valence-corrected chi connectivity index (χ4v) is 4.77. The van der Waals surface area contributed by atoms with E-state index in [0.717, 1.165) is 48.9 Å². The van der Waals surface area contributed by atoms with Gasteiger partial charge in [-0.25, -0.2) is 0 Å². The van der Waals surface area contributed by atoms with Crippen molar-refractivity contribution in [3.8, 4) is 0 Å². The molecule has 0 spiro atoms. The monoisotopic (exact) mass is 336 g/mol. The molecule has 1 aromatic rings. The number of aromatic nitrogens is 2. The van der Waals surface area contributed by atoms with Gasteiger partial charge in [-0.2, -0.15) is 0 Å². The lowest BCUT2D eigenvalue weighted by molar-refractivity contribution is -0.132. The lowest BCUT2D eigenvalue weighted by Gasteiger charge is -2.33. The molecule has 4 rings (SSSR count). The van der Waals surface area contributed by atoms with Crippen LogP contribution in [0.1, 0.15) is 43.5 Å². The van der Waals surface area contributed by atoms with Gasteiger partial charge in [0.15, 0.2) is 0 Å². The molecule has 2 aliphatic heterocycles. The first-order chi connectivity index (χ1) is 11.2. The van der Waals surface area contributed by atoms with Crippen LogP contribution in [0.25, 0.3) is 0 Å². The Morgan fingerprint density at radius 2 is 2.13 bits per heavy atom. The Hall–Kier alpha value is -1.21. The number of carbonyl (C=O) groups is 1. The number of nitrogens with one attached hydrogen (secondary N) is 1. The first kappa shape index (κ1) is 15.3. The van der Waals surface area contributed by atoms with Crippen LogP contribution >= 0.6 is 11.3 Å². The number of aryl methyl sites for hydroxylation is 1. The number of anilines is 1. The van der Waals surface area contributed by atoms with Crippen LogP contribution in [0, 0.1) is 12.8 Å². The van der Waals surface area contributed by atoms with Crippen molar-refractivity contribution < 1.29 is 9.53 Å². The van der Waals surface area contributed by atoms with E-state index >= 15 is 0 Å². The zero-order valence-corrected chi connectivity index (χ0v) is 14.3. The van der Waals surface area contributed by atoms with E-state index in [9.17, 15) is 4.79 Å². The van der Waals surface area contributed by atoms with Gasteiger partial charge in [-0.15, -0.1) is 10.2 Å². The third-order valence-electron chi connectivity index (χ3n) is 5.33. The quantitative estimate of drug-likeness (QED) is 0.913. The summed E-state index contributed by atoms with van der Waals surface area (Å²) in [6.45, 7) is 3.78. The van der Waals surface area contributed by atoms with Crippen LogP contribution in [-0.4, -0.2) is 47.4 Å². The molecule has 0 radical (unpaired) electrons. The van der Waals surface area contributed by atoms with E-state index in [2.05, 4.69) is 20.4 Å². The molecule has 1 amide bonds. The molecule has 23 heavy (non-hydrogen) atoms. The van der Waals surface area contributed by atoms with Crippen molar-refractivity contribution in [2.24, 2.45) is 5.92 Å². The second-order valence-electron chi connectivity index (χ2n) is 6.99. The highest BCUT2D eigenvalue weighted by molar-refractivity contribution is 7.15. The average molecular weight is 336 g/mol. The van der Waals surface area contributed by atoms with Gasteiger partial charge >= 0.3 is 0 Å². The molecule has 2 saturated heterocycles. The molecule has 1 N–H and O–H groups in total. The fraction of sp³-hybridized carbons (Fsp3) is 0.812. The summed E-state index contributed by atoms with van der Waals surface area (Å²) in [5.41, 5.74) is 0. The second kappa shape index (κ2) is 6.36. The number of ether oxygens (including phenoxy) is 1. The van der Waals surface area contributed by atoms with Gasteiger partial charge in [0.05, 0.1) is 6.10 Å². The Labute approximate surface area is 140 Å². The third-order valence-corrected chi connectivity index (χ3v) is 6.23. The minimum absolute atomic E-state index is 0.101. The first-order valence-electron chi connectivity index (χ1n) is 8.70. The van der Waals surface area contributed by atoms with Crippen LogP contribution in [0.2, 0.25) is 0 Å². The maximum absolute atomic E-state index is 12.4. The Balaban J connectivity index is 1.34. The van der Waals surface area contributed by atoms with E-state index in [4.69, 9.17) is 4.74 Å². The summed E-state index contributed by atoms with van der Waals surface area (Å²) in [7, 11) is 0. The molecule has 1 aliphatic carbocycles. The summed E-state index contributed by atoms with van der Waals surface area (Å²) in [4.78, 5) is 14.7. The zero-order chi connectivity index (χ0) is 15.8. The van der Waals surface area contributed by atoms with Crippen LogP contribution in [0.5, 0.6) is 0 Å². The summed E-state index contributed by atoms with van der Waals surface area (Å²) < 4.78 is 6.10. The van der Waals surface area contributed by atoms with Gasteiger partial charge in [-0.3, -0.25) is 4.79 Å². The van der Waals surface area contributed by atoms with Gasteiger partial charge in [0.2, 0.25) is 11.0 Å². The van der Waals surface area contributed by atoms with Crippen molar-refractivity contribution >= 4 is 22.4 Å². The van der Waals surface area contributed by atoms with E-state index < -0.39 is 0 Å². The van der Waals surface area contributed by atoms with Crippen molar-refractivity contribution in [3.63, 3.8) is 0 Å². The highest BCUT2D eigenvalue weighted by Crippen LogP contribution is 2.35. The predicted octanol–water partition coefficient (Wildman–Crippen LogP) is 1.89. The van der Waals surface area contributed by atoms with Crippen LogP contribution in [0.15, 0.2) is 0 Å².